The number of aryl methyl sites for hydroxylation is 1. The van der Waals surface area contributed by atoms with E-state index in [0.29, 0.717) is 25.3 Å². The fourth-order valence-electron chi connectivity index (χ4n) is 4.16. The number of nitrogens with zero attached hydrogens (tertiary/aromatic N) is 2. The average Bonchev–Trinajstić information content (AvgIpc) is 2.72. The topological polar surface area (TPSA) is 69.7 Å². The number of fused-ring (bicyclic) bond motifs is 1. The molecule has 0 aliphatic carbocycles. The van der Waals surface area contributed by atoms with Crippen LogP contribution in [0.1, 0.15) is 37.3 Å². The molecule has 2 heterocycles. The molecule has 2 aliphatic heterocycles. The minimum absolute atomic E-state index is 0.000590. The lowest BCUT2D eigenvalue weighted by atomic mass is 9.91. The van der Waals surface area contributed by atoms with Gasteiger partial charge in [0.25, 0.3) is 0 Å². The number of hydrogen-bond acceptors (Lipinski definition) is 3. The van der Waals surface area contributed by atoms with Crippen LogP contribution in [0.2, 0.25) is 0 Å². The molecule has 2 aromatic rings. The molecule has 1 unspecified atom stereocenters. The Bertz CT molecular complexity index is 1020. The number of anilines is 2. The van der Waals surface area contributed by atoms with Crippen molar-refractivity contribution in [2.45, 2.75) is 32.6 Å². The quantitative estimate of drug-likeness (QED) is 0.820. The summed E-state index contributed by atoms with van der Waals surface area (Å²) in [7, 11) is 0. The maximum atomic E-state index is 13.1. The number of nitrogens with one attached hydrogen (secondary N) is 1. The van der Waals surface area contributed by atoms with Crippen molar-refractivity contribution < 1.29 is 18.8 Å². The van der Waals surface area contributed by atoms with Gasteiger partial charge in [0.05, 0.1) is 11.8 Å². The number of carbonyl (C=O) groups is 3. The first kappa shape index (κ1) is 21.0. The van der Waals surface area contributed by atoms with Gasteiger partial charge in [-0.1, -0.05) is 12.1 Å². The second-order valence-electron chi connectivity index (χ2n) is 8.32. The largest absolute Gasteiger partial charge is 0.341 e. The van der Waals surface area contributed by atoms with Crippen molar-refractivity contribution in [3.8, 4) is 0 Å². The summed E-state index contributed by atoms with van der Waals surface area (Å²) >= 11 is 0. The Balaban J connectivity index is 1.46. The standard InChI is InChI=1S/C24H26FN3O3/c1-15(23(30)26-21-8-6-20(25)7-9-21)17-5-10-22-18(12-17)4-3-11-28(22)24(31)19-13-27(14-19)16(2)29/h5-10,12,15,19H,3-4,11,13-14H2,1-2H3,(H,26,30). The van der Waals surface area contributed by atoms with Gasteiger partial charge in [-0.15, -0.1) is 0 Å². The molecule has 4 rings (SSSR count). The minimum Gasteiger partial charge on any atom is -0.341 e. The molecule has 7 heteroatoms. The molecule has 0 spiro atoms. The molecule has 2 aliphatic rings. The first-order valence-electron chi connectivity index (χ1n) is 10.6. The van der Waals surface area contributed by atoms with Crippen LogP contribution >= 0.6 is 0 Å². The van der Waals surface area contributed by atoms with Crippen molar-refractivity contribution in [1.29, 1.82) is 0 Å². The van der Waals surface area contributed by atoms with Crippen molar-refractivity contribution in [2.24, 2.45) is 5.92 Å². The smallest absolute Gasteiger partial charge is 0.233 e. The highest BCUT2D eigenvalue weighted by atomic mass is 19.1. The lowest BCUT2D eigenvalue weighted by Crippen LogP contribution is -2.56. The van der Waals surface area contributed by atoms with E-state index in [4.69, 9.17) is 0 Å². The molecule has 0 radical (unpaired) electrons. The number of carbonyl (C=O) groups excluding carboxylic acids is 3. The highest BCUT2D eigenvalue weighted by Crippen LogP contribution is 2.33. The third-order valence-electron chi connectivity index (χ3n) is 6.17. The molecular weight excluding hydrogens is 397 g/mol. The van der Waals surface area contributed by atoms with Gasteiger partial charge in [0, 0.05) is 37.9 Å². The van der Waals surface area contributed by atoms with E-state index in [9.17, 15) is 18.8 Å². The highest BCUT2D eigenvalue weighted by molar-refractivity contribution is 5.98. The molecule has 3 amide bonds. The van der Waals surface area contributed by atoms with E-state index in [1.807, 2.05) is 30.0 Å². The monoisotopic (exact) mass is 423 g/mol. The van der Waals surface area contributed by atoms with Gasteiger partial charge in [-0.05, 0) is 61.2 Å². The van der Waals surface area contributed by atoms with Crippen LogP contribution in [0, 0.1) is 11.7 Å². The van der Waals surface area contributed by atoms with Crippen molar-refractivity contribution in [1.82, 2.24) is 4.90 Å². The molecule has 0 aromatic heterocycles. The fourth-order valence-corrected chi connectivity index (χ4v) is 4.16. The molecule has 2 aromatic carbocycles. The Kier molecular flexibility index (Phi) is 5.76. The predicted octanol–water partition coefficient (Wildman–Crippen LogP) is 3.33. The summed E-state index contributed by atoms with van der Waals surface area (Å²) in [6.07, 6.45) is 1.71. The number of benzene rings is 2. The van der Waals surface area contributed by atoms with Crippen LogP contribution in [0.3, 0.4) is 0 Å². The normalized spacial score (nSPS) is 16.9. The second-order valence-corrected chi connectivity index (χ2v) is 8.32. The fraction of sp³-hybridized carbons (Fsp3) is 0.375. The number of halogens is 1. The lowest BCUT2D eigenvalue weighted by molar-refractivity contribution is -0.140. The van der Waals surface area contributed by atoms with Crippen LogP contribution in [0.4, 0.5) is 15.8 Å². The third kappa shape index (κ3) is 4.31. The average molecular weight is 423 g/mol. The van der Waals surface area contributed by atoms with Crippen LogP contribution in [0.15, 0.2) is 42.5 Å². The van der Waals surface area contributed by atoms with Crippen molar-refractivity contribution in [3.05, 3.63) is 59.4 Å². The Labute approximate surface area is 181 Å². The zero-order valence-electron chi connectivity index (χ0n) is 17.7. The zero-order chi connectivity index (χ0) is 22.1. The summed E-state index contributed by atoms with van der Waals surface area (Å²) in [5.41, 5.74) is 3.38. The molecule has 31 heavy (non-hydrogen) atoms. The van der Waals surface area contributed by atoms with Crippen LogP contribution in [0.5, 0.6) is 0 Å². The molecule has 1 fully saturated rings. The molecule has 6 nitrogen and oxygen atoms in total. The molecular formula is C24H26FN3O3. The molecule has 0 saturated carbocycles. The Morgan fingerprint density at radius 3 is 2.48 bits per heavy atom. The molecule has 1 atom stereocenters. The van der Waals surface area contributed by atoms with E-state index in [-0.39, 0.29) is 29.5 Å². The van der Waals surface area contributed by atoms with Crippen LogP contribution in [-0.4, -0.2) is 42.3 Å². The Hall–Kier alpha value is -3.22. The van der Waals surface area contributed by atoms with Crippen LogP contribution < -0.4 is 10.2 Å². The van der Waals surface area contributed by atoms with Crippen LogP contribution in [-0.2, 0) is 20.8 Å². The van der Waals surface area contributed by atoms with Gasteiger partial charge in [-0.3, -0.25) is 14.4 Å². The summed E-state index contributed by atoms with van der Waals surface area (Å²) in [6, 6.07) is 11.5. The Morgan fingerprint density at radius 2 is 1.81 bits per heavy atom. The van der Waals surface area contributed by atoms with E-state index >= 15 is 0 Å². The van der Waals surface area contributed by atoms with Crippen molar-refractivity contribution in [2.75, 3.05) is 29.9 Å². The first-order chi connectivity index (χ1) is 14.8. The predicted molar refractivity (Wildman–Crippen MR) is 116 cm³/mol. The summed E-state index contributed by atoms with van der Waals surface area (Å²) < 4.78 is 13.1. The van der Waals surface area contributed by atoms with Gasteiger partial charge in [-0.25, -0.2) is 4.39 Å². The molecule has 0 bridgehead atoms. The maximum absolute atomic E-state index is 13.1. The molecule has 1 saturated heterocycles. The second kappa shape index (κ2) is 8.49. The van der Waals surface area contributed by atoms with Gasteiger partial charge in [0.2, 0.25) is 17.7 Å². The van der Waals surface area contributed by atoms with Crippen molar-refractivity contribution >= 4 is 29.1 Å². The number of hydrogen-bond donors (Lipinski definition) is 1. The number of likely N-dealkylation sites (tertiary alicyclic amines) is 1. The molecule has 1 N–H and O–H groups in total. The molecule has 162 valence electrons. The van der Waals surface area contributed by atoms with Gasteiger partial charge < -0.3 is 15.1 Å². The first-order valence-corrected chi connectivity index (χ1v) is 10.6. The summed E-state index contributed by atoms with van der Waals surface area (Å²) in [5.74, 6) is -0.995. The van der Waals surface area contributed by atoms with E-state index in [0.717, 1.165) is 29.7 Å². The lowest BCUT2D eigenvalue weighted by Gasteiger charge is -2.41. The number of amides is 3. The van der Waals surface area contributed by atoms with E-state index < -0.39 is 5.92 Å². The van der Waals surface area contributed by atoms with E-state index in [2.05, 4.69) is 5.32 Å². The van der Waals surface area contributed by atoms with Gasteiger partial charge in [0.1, 0.15) is 5.82 Å². The maximum Gasteiger partial charge on any atom is 0.233 e. The number of rotatable bonds is 4. The summed E-state index contributed by atoms with van der Waals surface area (Å²) in [5, 5.41) is 2.82. The third-order valence-corrected chi connectivity index (χ3v) is 6.17. The van der Waals surface area contributed by atoms with Crippen molar-refractivity contribution in [3.63, 3.8) is 0 Å². The van der Waals surface area contributed by atoms with E-state index in [1.165, 1.54) is 31.2 Å². The highest BCUT2D eigenvalue weighted by Gasteiger charge is 2.38. The summed E-state index contributed by atoms with van der Waals surface area (Å²) in [4.78, 5) is 40.5. The summed E-state index contributed by atoms with van der Waals surface area (Å²) in [6.45, 7) is 4.99. The van der Waals surface area contributed by atoms with Gasteiger partial charge in [-0.2, -0.15) is 0 Å². The van der Waals surface area contributed by atoms with Gasteiger partial charge >= 0.3 is 0 Å². The SMILES string of the molecule is CC(=O)N1CC(C(=O)N2CCCc3cc(C(C)C(=O)Nc4ccc(F)cc4)ccc32)C1. The Morgan fingerprint density at radius 1 is 1.10 bits per heavy atom. The van der Waals surface area contributed by atoms with E-state index in [1.54, 1.807) is 4.90 Å². The zero-order valence-corrected chi connectivity index (χ0v) is 17.7. The minimum atomic E-state index is -0.391. The van der Waals surface area contributed by atoms with Gasteiger partial charge in [0.15, 0.2) is 0 Å². The van der Waals surface area contributed by atoms with Crippen LogP contribution in [0.25, 0.3) is 0 Å².